The van der Waals surface area contributed by atoms with Gasteiger partial charge in [0.05, 0.1) is 0 Å². The number of anilines is 2. The average molecular weight is 244 g/mol. The third-order valence-electron chi connectivity index (χ3n) is 3.20. The quantitative estimate of drug-likeness (QED) is 0.851. The summed E-state index contributed by atoms with van der Waals surface area (Å²) in [4.78, 5) is 2.43. The Kier molecular flexibility index (Phi) is 3.08. The lowest BCUT2D eigenvalue weighted by Crippen LogP contribution is -2.17. The topological polar surface area (TPSA) is 69.7 Å². The predicted octanol–water partition coefficient (Wildman–Crippen LogP) is 1.41. The molecule has 1 aromatic heterocycles. The summed E-state index contributed by atoms with van der Waals surface area (Å²) in [6.45, 7) is 3.07. The summed E-state index contributed by atoms with van der Waals surface area (Å²) in [5.74, 6) is 0.526. The minimum absolute atomic E-state index is 0.526. The molecule has 2 aromatic rings. The number of hydrogen-bond acceptors (Lipinski definition) is 5. The van der Waals surface area contributed by atoms with Crippen molar-refractivity contribution in [3.8, 4) is 0 Å². The molecular weight excluding hydrogens is 228 g/mol. The fraction of sp³-hybridized carbons (Fsp3) is 0.417. The molecule has 0 amide bonds. The lowest BCUT2D eigenvalue weighted by atomic mass is 10.2. The standard InChI is InChI=1S/C12H16N6/c1-2-8-18(7-1)11-5-3-10(4-6-11)9-13-12-14-16-17-15-12/h3-6H,1-2,7-9H2,(H2,13,14,15,16,17). The molecule has 6 heteroatoms. The molecule has 2 N–H and O–H groups in total. The summed E-state index contributed by atoms with van der Waals surface area (Å²) in [5.41, 5.74) is 2.53. The molecule has 2 heterocycles. The van der Waals surface area contributed by atoms with Gasteiger partial charge in [-0.1, -0.05) is 17.2 Å². The Morgan fingerprint density at radius 3 is 2.61 bits per heavy atom. The summed E-state index contributed by atoms with van der Waals surface area (Å²) >= 11 is 0. The predicted molar refractivity (Wildman–Crippen MR) is 69.4 cm³/mol. The zero-order chi connectivity index (χ0) is 12.2. The SMILES string of the molecule is c1cc(N2CCCC2)ccc1CNc1nn[nH]n1. The normalized spacial score (nSPS) is 15.0. The summed E-state index contributed by atoms with van der Waals surface area (Å²) in [7, 11) is 0. The van der Waals surface area contributed by atoms with Crippen LogP contribution in [0.1, 0.15) is 18.4 Å². The number of rotatable bonds is 4. The summed E-state index contributed by atoms with van der Waals surface area (Å²) < 4.78 is 0. The Bertz CT molecular complexity index is 472. The molecule has 1 aliphatic heterocycles. The number of H-pyrrole nitrogens is 1. The average Bonchev–Trinajstić information content (AvgIpc) is 3.10. The number of hydrogen-bond donors (Lipinski definition) is 2. The Hall–Kier alpha value is -2.11. The van der Waals surface area contributed by atoms with Crippen LogP contribution in [0.3, 0.4) is 0 Å². The van der Waals surface area contributed by atoms with Crippen molar-refractivity contribution in [2.45, 2.75) is 19.4 Å². The molecule has 94 valence electrons. The van der Waals surface area contributed by atoms with E-state index in [0.717, 1.165) is 0 Å². The Balaban J connectivity index is 1.60. The van der Waals surface area contributed by atoms with E-state index in [4.69, 9.17) is 0 Å². The summed E-state index contributed by atoms with van der Waals surface area (Å²) in [6, 6.07) is 8.64. The number of nitrogens with zero attached hydrogens (tertiary/aromatic N) is 4. The van der Waals surface area contributed by atoms with Crippen molar-refractivity contribution in [3.63, 3.8) is 0 Å². The third-order valence-corrected chi connectivity index (χ3v) is 3.20. The second-order valence-electron chi connectivity index (χ2n) is 4.45. The first kappa shape index (κ1) is 11.0. The summed E-state index contributed by atoms with van der Waals surface area (Å²) in [6.07, 6.45) is 2.61. The number of tetrazole rings is 1. The fourth-order valence-corrected chi connectivity index (χ4v) is 2.22. The van der Waals surface area contributed by atoms with Crippen LogP contribution in [-0.2, 0) is 6.54 Å². The van der Waals surface area contributed by atoms with E-state index in [1.165, 1.54) is 37.2 Å². The molecule has 1 aromatic carbocycles. The second-order valence-corrected chi connectivity index (χ2v) is 4.45. The van der Waals surface area contributed by atoms with E-state index in [-0.39, 0.29) is 0 Å². The maximum Gasteiger partial charge on any atom is 0.263 e. The summed E-state index contributed by atoms with van der Waals surface area (Å²) in [5, 5.41) is 16.7. The van der Waals surface area contributed by atoms with Crippen molar-refractivity contribution in [1.29, 1.82) is 0 Å². The molecule has 6 nitrogen and oxygen atoms in total. The van der Waals surface area contributed by atoms with Crippen molar-refractivity contribution < 1.29 is 0 Å². The molecule has 0 unspecified atom stereocenters. The van der Waals surface area contributed by atoms with Crippen molar-refractivity contribution in [1.82, 2.24) is 20.6 Å². The number of benzene rings is 1. The Labute approximate surface area is 105 Å². The van der Waals surface area contributed by atoms with Crippen LogP contribution in [-0.4, -0.2) is 33.7 Å². The number of aromatic nitrogens is 4. The van der Waals surface area contributed by atoms with Gasteiger partial charge in [-0.2, -0.15) is 5.21 Å². The zero-order valence-electron chi connectivity index (χ0n) is 10.1. The van der Waals surface area contributed by atoms with E-state index in [0.29, 0.717) is 12.5 Å². The van der Waals surface area contributed by atoms with Gasteiger partial charge in [-0.15, -0.1) is 5.10 Å². The monoisotopic (exact) mass is 244 g/mol. The van der Waals surface area contributed by atoms with Gasteiger partial charge in [-0.25, -0.2) is 0 Å². The molecule has 1 fully saturated rings. The maximum atomic E-state index is 3.85. The molecule has 0 radical (unpaired) electrons. The minimum Gasteiger partial charge on any atom is -0.372 e. The van der Waals surface area contributed by atoms with E-state index in [1.807, 2.05) is 0 Å². The molecular formula is C12H16N6. The maximum absolute atomic E-state index is 3.85. The molecule has 0 atom stereocenters. The number of aromatic amines is 1. The highest BCUT2D eigenvalue weighted by Gasteiger charge is 2.11. The largest absolute Gasteiger partial charge is 0.372 e. The smallest absolute Gasteiger partial charge is 0.263 e. The molecule has 3 rings (SSSR count). The van der Waals surface area contributed by atoms with Crippen molar-refractivity contribution in [3.05, 3.63) is 29.8 Å². The molecule has 18 heavy (non-hydrogen) atoms. The van der Waals surface area contributed by atoms with Gasteiger partial charge in [0, 0.05) is 25.3 Å². The van der Waals surface area contributed by atoms with Crippen molar-refractivity contribution in [2.24, 2.45) is 0 Å². The van der Waals surface area contributed by atoms with Crippen LogP contribution in [0.15, 0.2) is 24.3 Å². The van der Waals surface area contributed by atoms with Crippen molar-refractivity contribution in [2.75, 3.05) is 23.3 Å². The first-order valence-electron chi connectivity index (χ1n) is 6.23. The Morgan fingerprint density at radius 1 is 1.17 bits per heavy atom. The van der Waals surface area contributed by atoms with Gasteiger partial charge in [0.1, 0.15) is 0 Å². The molecule has 0 spiro atoms. The van der Waals surface area contributed by atoms with Crippen LogP contribution >= 0.6 is 0 Å². The van der Waals surface area contributed by atoms with Crippen LogP contribution < -0.4 is 10.2 Å². The van der Waals surface area contributed by atoms with E-state index < -0.39 is 0 Å². The van der Waals surface area contributed by atoms with Gasteiger partial charge in [-0.3, -0.25) is 0 Å². The number of nitrogens with one attached hydrogen (secondary N) is 2. The molecule has 1 saturated heterocycles. The Morgan fingerprint density at radius 2 is 1.94 bits per heavy atom. The highest BCUT2D eigenvalue weighted by atomic mass is 15.5. The van der Waals surface area contributed by atoms with E-state index in [9.17, 15) is 0 Å². The molecule has 1 aliphatic rings. The van der Waals surface area contributed by atoms with Crippen LogP contribution in [0.2, 0.25) is 0 Å². The van der Waals surface area contributed by atoms with Gasteiger partial charge in [0.2, 0.25) is 0 Å². The first-order valence-corrected chi connectivity index (χ1v) is 6.23. The molecule has 0 bridgehead atoms. The van der Waals surface area contributed by atoms with Gasteiger partial charge >= 0.3 is 0 Å². The van der Waals surface area contributed by atoms with Crippen LogP contribution in [0.5, 0.6) is 0 Å². The third kappa shape index (κ3) is 2.42. The van der Waals surface area contributed by atoms with E-state index in [1.54, 1.807) is 0 Å². The van der Waals surface area contributed by atoms with Crippen LogP contribution in [0.4, 0.5) is 11.6 Å². The van der Waals surface area contributed by atoms with Crippen LogP contribution in [0, 0.1) is 0 Å². The highest BCUT2D eigenvalue weighted by Crippen LogP contribution is 2.20. The van der Waals surface area contributed by atoms with Crippen molar-refractivity contribution >= 4 is 11.6 Å². The molecule has 0 aliphatic carbocycles. The fourth-order valence-electron chi connectivity index (χ4n) is 2.22. The first-order chi connectivity index (χ1) is 8.92. The second kappa shape index (κ2) is 5.03. The van der Waals surface area contributed by atoms with Gasteiger partial charge in [0.15, 0.2) is 0 Å². The minimum atomic E-state index is 0.526. The van der Waals surface area contributed by atoms with E-state index in [2.05, 4.69) is 55.1 Å². The lowest BCUT2D eigenvalue weighted by molar-refractivity contribution is 0.881. The molecule has 0 saturated carbocycles. The van der Waals surface area contributed by atoms with Gasteiger partial charge in [-0.05, 0) is 35.8 Å². The zero-order valence-corrected chi connectivity index (χ0v) is 10.1. The van der Waals surface area contributed by atoms with Crippen LogP contribution in [0.25, 0.3) is 0 Å². The van der Waals surface area contributed by atoms with Gasteiger partial charge in [0.25, 0.3) is 5.95 Å². The lowest BCUT2D eigenvalue weighted by Gasteiger charge is -2.17. The van der Waals surface area contributed by atoms with Gasteiger partial charge < -0.3 is 10.2 Å². The van der Waals surface area contributed by atoms with E-state index >= 15 is 0 Å². The highest BCUT2D eigenvalue weighted by molar-refractivity contribution is 5.48.